The number of phenolic OH excluding ortho intramolecular Hbond substituents is 2. The lowest BCUT2D eigenvalue weighted by molar-refractivity contribution is -0.157. The highest BCUT2D eigenvalue weighted by atomic mass is 35.5. The third kappa shape index (κ3) is 4.23. The number of halogens is 2. The van der Waals surface area contributed by atoms with Crippen molar-refractivity contribution in [2.45, 2.75) is 80.9 Å². The molecule has 0 aromatic heterocycles. The second-order valence-corrected chi connectivity index (χ2v) is 10.9. The molecule has 2 aliphatic rings. The molecule has 1 fully saturated rings. The number of carbonyl (C=O) groups is 2. The molecule has 6 nitrogen and oxygen atoms in total. The van der Waals surface area contributed by atoms with Gasteiger partial charge < -0.3 is 20.1 Å². The fraction of sp³-hybridized carbons (Fsp3) is 0.520. The molecule has 33 heavy (non-hydrogen) atoms. The molecular weight excluding hydrogens is 467 g/mol. The molecule has 0 saturated carbocycles. The highest BCUT2D eigenvalue weighted by molar-refractivity contribution is 6.45. The molecule has 1 heterocycles. The van der Waals surface area contributed by atoms with E-state index in [2.05, 4.69) is 6.58 Å². The molecule has 4 atom stereocenters. The number of fused-ring (bicyclic) bond motifs is 2. The number of ether oxygens (including phenoxy) is 1. The number of alkyl halides is 2. The van der Waals surface area contributed by atoms with E-state index in [1.165, 1.54) is 0 Å². The number of hydrogen-bond donors (Lipinski definition) is 3. The average Bonchev–Trinajstić information content (AvgIpc) is 2.71. The van der Waals surface area contributed by atoms with Gasteiger partial charge in [-0.25, -0.2) is 0 Å². The number of aliphatic hydroxyl groups excluding tert-OH is 1. The van der Waals surface area contributed by atoms with Crippen LogP contribution in [-0.4, -0.2) is 54.4 Å². The number of rotatable bonds is 6. The van der Waals surface area contributed by atoms with Gasteiger partial charge in [-0.05, 0) is 53.0 Å². The van der Waals surface area contributed by atoms with Crippen molar-refractivity contribution in [1.82, 2.24) is 0 Å². The number of benzene rings is 1. The first-order valence-corrected chi connectivity index (χ1v) is 11.7. The number of carbonyl (C=O) groups excluding carboxylic acids is 2. The third-order valence-electron chi connectivity index (χ3n) is 6.71. The predicted octanol–water partition coefficient (Wildman–Crippen LogP) is 5.05. The first-order chi connectivity index (χ1) is 15.2. The van der Waals surface area contributed by atoms with Gasteiger partial charge in [0.25, 0.3) is 0 Å². The molecule has 0 bridgehead atoms. The molecule has 1 aliphatic carbocycles. The van der Waals surface area contributed by atoms with Gasteiger partial charge in [0.1, 0.15) is 16.4 Å². The van der Waals surface area contributed by atoms with E-state index >= 15 is 0 Å². The van der Waals surface area contributed by atoms with Gasteiger partial charge in [0.15, 0.2) is 17.2 Å². The summed E-state index contributed by atoms with van der Waals surface area (Å²) in [6.45, 7) is 10.8. The smallest absolute Gasteiger partial charge is 0.198 e. The van der Waals surface area contributed by atoms with E-state index in [9.17, 15) is 24.9 Å². The highest BCUT2D eigenvalue weighted by Gasteiger charge is 2.70. The molecule has 1 aliphatic heterocycles. The molecule has 180 valence electrons. The summed E-state index contributed by atoms with van der Waals surface area (Å²) in [5.74, 6) is -2.13. The quantitative estimate of drug-likeness (QED) is 0.375. The van der Waals surface area contributed by atoms with Crippen LogP contribution in [0.5, 0.6) is 11.5 Å². The summed E-state index contributed by atoms with van der Waals surface area (Å²) in [6.07, 6.45) is 2.08. The minimum atomic E-state index is -1.85. The standard InChI is InChI=1S/C25H30Cl2O6/c1-13(2)17(29)7-6-14(3)8-9-25-21(31)16-10-15(28)11-18(30)20(16)22(32)24(25,27)12-19(26)23(4,5)33-25/h8,10-11,17,19,28-30H,1,6-7,9,12H2,2-5H3/t17-,19+,24-,25-/m0/s1. The van der Waals surface area contributed by atoms with Gasteiger partial charge in [-0.3, -0.25) is 9.59 Å². The van der Waals surface area contributed by atoms with Gasteiger partial charge in [-0.2, -0.15) is 0 Å². The average molecular weight is 497 g/mol. The van der Waals surface area contributed by atoms with Crippen LogP contribution >= 0.6 is 23.2 Å². The Morgan fingerprint density at radius 1 is 1.27 bits per heavy atom. The summed E-state index contributed by atoms with van der Waals surface area (Å²) in [5.41, 5.74) is -1.60. The predicted molar refractivity (Wildman–Crippen MR) is 128 cm³/mol. The Kier molecular flexibility index (Phi) is 6.82. The van der Waals surface area contributed by atoms with Crippen molar-refractivity contribution >= 4 is 34.8 Å². The number of hydrogen-bond acceptors (Lipinski definition) is 6. The molecule has 3 N–H and O–H groups in total. The largest absolute Gasteiger partial charge is 0.508 e. The van der Waals surface area contributed by atoms with Gasteiger partial charge in [0.2, 0.25) is 0 Å². The Hall–Kier alpha value is -1.86. The van der Waals surface area contributed by atoms with E-state index in [1.54, 1.807) is 26.8 Å². The lowest BCUT2D eigenvalue weighted by atomic mass is 9.63. The van der Waals surface area contributed by atoms with Gasteiger partial charge >= 0.3 is 0 Å². The zero-order valence-electron chi connectivity index (χ0n) is 19.2. The topological polar surface area (TPSA) is 104 Å². The van der Waals surface area contributed by atoms with E-state index in [0.29, 0.717) is 18.4 Å². The molecule has 0 unspecified atom stereocenters. The molecule has 1 saturated heterocycles. The van der Waals surface area contributed by atoms with Crippen molar-refractivity contribution in [1.29, 1.82) is 0 Å². The van der Waals surface area contributed by atoms with E-state index in [4.69, 9.17) is 27.9 Å². The van der Waals surface area contributed by atoms with Crippen LogP contribution in [0.2, 0.25) is 0 Å². The van der Waals surface area contributed by atoms with Crippen molar-refractivity contribution < 1.29 is 29.6 Å². The summed E-state index contributed by atoms with van der Waals surface area (Å²) in [4.78, 5) is 25.7. The van der Waals surface area contributed by atoms with Gasteiger partial charge in [0, 0.05) is 18.1 Å². The number of aromatic hydroxyl groups is 2. The Labute approximate surface area is 203 Å². The summed E-state index contributed by atoms with van der Waals surface area (Å²) in [6, 6.07) is 2.15. The Morgan fingerprint density at radius 2 is 1.91 bits per heavy atom. The van der Waals surface area contributed by atoms with E-state index in [0.717, 1.165) is 17.7 Å². The van der Waals surface area contributed by atoms with Crippen molar-refractivity contribution in [2.24, 2.45) is 0 Å². The third-order valence-corrected chi connectivity index (χ3v) is 8.02. The molecule has 8 heteroatoms. The van der Waals surface area contributed by atoms with Crippen molar-refractivity contribution in [3.8, 4) is 11.5 Å². The molecule has 0 spiro atoms. The molecule has 1 aromatic rings. The second kappa shape index (κ2) is 8.73. The Balaban J connectivity index is 2.11. The minimum Gasteiger partial charge on any atom is -0.508 e. The van der Waals surface area contributed by atoms with Crippen LogP contribution in [0.1, 0.15) is 74.1 Å². The maximum Gasteiger partial charge on any atom is 0.198 e. The van der Waals surface area contributed by atoms with Crippen LogP contribution in [0, 0.1) is 0 Å². The SMILES string of the molecule is C=C(C)[C@@H](O)CCC(C)=CC[C@@]12OC(C)(C)[C@H](Cl)C[C@]1(Cl)C(=O)c1c(O)cc(O)cc1C2=O. The minimum absolute atomic E-state index is 0.0149. The van der Waals surface area contributed by atoms with Crippen LogP contribution in [0.25, 0.3) is 0 Å². The van der Waals surface area contributed by atoms with Crippen LogP contribution in [0.3, 0.4) is 0 Å². The zero-order chi connectivity index (χ0) is 24.9. The number of phenols is 2. The fourth-order valence-corrected chi connectivity index (χ4v) is 5.33. The number of ketones is 2. The molecular formula is C25H30Cl2O6. The van der Waals surface area contributed by atoms with Crippen LogP contribution in [-0.2, 0) is 4.74 Å². The maximum atomic E-state index is 13.9. The van der Waals surface area contributed by atoms with Gasteiger partial charge in [-0.15, -0.1) is 23.2 Å². The van der Waals surface area contributed by atoms with Crippen molar-refractivity contribution in [3.05, 3.63) is 47.1 Å². The van der Waals surface area contributed by atoms with Crippen molar-refractivity contribution in [3.63, 3.8) is 0 Å². The van der Waals surface area contributed by atoms with Crippen LogP contribution in [0.4, 0.5) is 0 Å². The molecule has 1 aromatic carbocycles. The highest BCUT2D eigenvalue weighted by Crippen LogP contribution is 2.56. The van der Waals surface area contributed by atoms with Gasteiger partial charge in [0.05, 0.1) is 22.6 Å². The Bertz CT molecular complexity index is 1050. The molecule has 3 rings (SSSR count). The summed E-state index contributed by atoms with van der Waals surface area (Å²) < 4.78 is 6.31. The zero-order valence-corrected chi connectivity index (χ0v) is 20.8. The molecule has 0 radical (unpaired) electrons. The number of Topliss-reactive ketones (excluding diaryl/α,β-unsaturated/α-hetero) is 2. The summed E-state index contributed by atoms with van der Waals surface area (Å²) >= 11 is 13.5. The van der Waals surface area contributed by atoms with E-state index < -0.39 is 44.9 Å². The monoisotopic (exact) mass is 496 g/mol. The van der Waals surface area contributed by atoms with Crippen LogP contribution in [0.15, 0.2) is 35.9 Å². The number of allylic oxidation sites excluding steroid dienone is 1. The maximum absolute atomic E-state index is 13.9. The fourth-order valence-electron chi connectivity index (χ4n) is 4.53. The number of aliphatic hydroxyl groups is 1. The van der Waals surface area contributed by atoms with Crippen molar-refractivity contribution in [2.75, 3.05) is 0 Å². The first kappa shape index (κ1) is 25.8. The summed E-state index contributed by atoms with van der Waals surface area (Å²) in [5, 5.41) is 29.7. The first-order valence-electron chi connectivity index (χ1n) is 10.8. The Morgan fingerprint density at radius 3 is 2.52 bits per heavy atom. The van der Waals surface area contributed by atoms with E-state index in [-0.39, 0.29) is 29.7 Å². The second-order valence-electron chi connectivity index (χ2n) is 9.71. The van der Waals surface area contributed by atoms with Gasteiger partial charge in [-0.1, -0.05) is 23.8 Å². The lowest BCUT2D eigenvalue weighted by Gasteiger charge is -2.56. The lowest BCUT2D eigenvalue weighted by Crippen LogP contribution is -2.72. The van der Waals surface area contributed by atoms with Crippen LogP contribution < -0.4 is 0 Å². The summed E-state index contributed by atoms with van der Waals surface area (Å²) in [7, 11) is 0. The molecule has 0 amide bonds. The van der Waals surface area contributed by atoms with E-state index in [1.807, 2.05) is 6.92 Å². The normalized spacial score (nSPS) is 29.9.